The highest BCUT2D eigenvalue weighted by Gasteiger charge is 2.40. The number of aromatic nitrogens is 1. The molecule has 2 heterocycles. The highest BCUT2D eigenvalue weighted by Crippen LogP contribution is 2.36. The number of fused-ring (bicyclic) bond motifs is 1. The number of rotatable bonds is 11. The van der Waals surface area contributed by atoms with E-state index in [2.05, 4.69) is 15.6 Å². The van der Waals surface area contributed by atoms with Crippen LogP contribution in [-0.4, -0.2) is 61.0 Å². The van der Waals surface area contributed by atoms with Gasteiger partial charge in [-0.2, -0.15) is 4.31 Å². The molecule has 0 radical (unpaired) electrons. The van der Waals surface area contributed by atoms with Crippen molar-refractivity contribution in [3.05, 3.63) is 98.7 Å². The topological polar surface area (TPSA) is 168 Å². The number of hydrogen-bond donors (Lipinski definition) is 4. The Morgan fingerprint density at radius 3 is 2.39 bits per heavy atom. The number of carbonyl (C=O) groups excluding carboxylic acids is 2. The van der Waals surface area contributed by atoms with Crippen LogP contribution in [0.3, 0.4) is 0 Å². The largest absolute Gasteiger partial charge is 0.487 e. The van der Waals surface area contributed by atoms with Crippen LogP contribution in [0.1, 0.15) is 45.6 Å². The van der Waals surface area contributed by atoms with Gasteiger partial charge < -0.3 is 21.1 Å². The summed E-state index contributed by atoms with van der Waals surface area (Å²) in [7, 11) is -4.20. The maximum Gasteiger partial charge on any atom is 0.251 e. The number of para-hydroxylation sites is 1. The zero-order valence-electron chi connectivity index (χ0n) is 26.6. The molecular formula is C33H36Cl4N6O5S. The second-order valence-corrected chi connectivity index (χ2v) is 13.8. The van der Waals surface area contributed by atoms with Crippen molar-refractivity contribution in [2.75, 3.05) is 19.6 Å². The molecule has 0 saturated carbocycles. The van der Waals surface area contributed by atoms with Crippen LogP contribution in [0.5, 0.6) is 5.75 Å². The average molecular weight is 771 g/mol. The Morgan fingerprint density at radius 2 is 1.69 bits per heavy atom. The highest BCUT2D eigenvalue weighted by molar-refractivity contribution is 7.89. The summed E-state index contributed by atoms with van der Waals surface area (Å²) in [4.78, 5) is 30.0. The number of halogens is 4. The van der Waals surface area contributed by atoms with Gasteiger partial charge in [0, 0.05) is 52.4 Å². The molecular weight excluding hydrogens is 734 g/mol. The first kappa shape index (κ1) is 39.8. The first-order valence-electron chi connectivity index (χ1n) is 14.9. The van der Waals surface area contributed by atoms with Gasteiger partial charge in [0.05, 0.1) is 5.02 Å². The number of nitrogens with zero attached hydrogens (tertiary/aromatic N) is 2. The normalized spacial score (nSPS) is 14.4. The molecule has 11 nitrogen and oxygen atoms in total. The van der Waals surface area contributed by atoms with E-state index in [1.807, 2.05) is 32.0 Å². The zero-order valence-corrected chi connectivity index (χ0v) is 30.5. The molecule has 4 aromatic rings. The molecule has 0 bridgehead atoms. The summed E-state index contributed by atoms with van der Waals surface area (Å²) in [6.07, 6.45) is 0.812. The number of pyridine rings is 1. The van der Waals surface area contributed by atoms with Gasteiger partial charge in [0.2, 0.25) is 15.9 Å². The van der Waals surface area contributed by atoms with Gasteiger partial charge in [0.25, 0.3) is 5.91 Å². The third-order valence-electron chi connectivity index (χ3n) is 7.92. The van der Waals surface area contributed by atoms with E-state index < -0.39 is 22.0 Å². The van der Waals surface area contributed by atoms with Crippen molar-refractivity contribution < 1.29 is 22.7 Å². The molecule has 5 rings (SSSR count). The molecule has 49 heavy (non-hydrogen) atoms. The Morgan fingerprint density at radius 1 is 1.02 bits per heavy atom. The quantitative estimate of drug-likeness (QED) is 0.0880. The van der Waals surface area contributed by atoms with Crippen LogP contribution in [0.15, 0.2) is 65.6 Å². The first-order chi connectivity index (χ1) is 22.4. The Labute approximate surface area is 307 Å². The van der Waals surface area contributed by atoms with Crippen molar-refractivity contribution in [3.8, 4) is 5.75 Å². The van der Waals surface area contributed by atoms with E-state index in [1.54, 1.807) is 30.3 Å². The number of aryl methyl sites for hydroxylation is 2. The first-order valence-corrected chi connectivity index (χ1v) is 17.1. The molecule has 1 aliphatic rings. The summed E-state index contributed by atoms with van der Waals surface area (Å²) in [5, 5.41) is 14.0. The fraction of sp³-hybridized carbons (Fsp3) is 0.273. The molecule has 0 aliphatic carbocycles. The number of amides is 2. The number of benzene rings is 3. The lowest BCUT2D eigenvalue weighted by Gasteiger charge is -2.24. The van der Waals surface area contributed by atoms with Gasteiger partial charge in [-0.1, -0.05) is 47.5 Å². The SMILES string of the molecule is Cc1cc(C)c2cccc(OCc3c(Cl)ccc(S(=O)(=O)N4CCC[C@H]4C(=O)NCCNC(=O)c4ccc(C(=N)N)cc4)c3Cl)c2n1.Cl.Cl. The number of ether oxygens (including phenoxy) is 1. The van der Waals surface area contributed by atoms with Crippen molar-refractivity contribution in [1.82, 2.24) is 19.9 Å². The number of carbonyl (C=O) groups is 2. The van der Waals surface area contributed by atoms with Crippen LogP contribution in [0.2, 0.25) is 10.0 Å². The average Bonchev–Trinajstić information content (AvgIpc) is 3.54. The van der Waals surface area contributed by atoms with Crippen molar-refractivity contribution in [1.29, 1.82) is 5.41 Å². The van der Waals surface area contributed by atoms with E-state index in [0.717, 1.165) is 20.9 Å². The lowest BCUT2D eigenvalue weighted by atomic mass is 10.1. The maximum absolute atomic E-state index is 13.9. The number of sulfonamides is 1. The predicted molar refractivity (Wildman–Crippen MR) is 196 cm³/mol. The summed E-state index contributed by atoms with van der Waals surface area (Å²) >= 11 is 13.2. The standard InChI is InChI=1S/C33H34Cl2N6O5S.2ClH/c1-19-17-20(2)40-30-23(19)5-3-7-27(30)46-18-24-25(34)12-13-28(29(24)35)47(44,45)41-16-4-6-26(41)33(43)39-15-14-38-32(42)22-10-8-21(9-11-22)31(36)37;;/h3,5,7-13,17,26H,4,6,14-16,18H2,1-2H3,(H3,36,37)(H,38,42)(H,39,43);2*1H/t26-;;/m0../s1. The molecule has 0 unspecified atom stereocenters. The van der Waals surface area contributed by atoms with Crippen molar-refractivity contribution >= 4 is 86.6 Å². The summed E-state index contributed by atoms with van der Waals surface area (Å²) < 4.78 is 35.0. The minimum Gasteiger partial charge on any atom is -0.487 e. The maximum atomic E-state index is 13.9. The van der Waals surface area contributed by atoms with Crippen LogP contribution in [0.25, 0.3) is 10.9 Å². The molecule has 1 aliphatic heterocycles. The van der Waals surface area contributed by atoms with Gasteiger partial charge >= 0.3 is 0 Å². The fourth-order valence-electron chi connectivity index (χ4n) is 5.53. The molecule has 5 N–H and O–H groups in total. The van der Waals surface area contributed by atoms with Crippen molar-refractivity contribution in [2.45, 2.75) is 44.2 Å². The smallest absolute Gasteiger partial charge is 0.251 e. The molecule has 16 heteroatoms. The van der Waals surface area contributed by atoms with E-state index in [9.17, 15) is 18.0 Å². The summed E-state index contributed by atoms with van der Waals surface area (Å²) in [6, 6.07) is 15.6. The molecule has 1 aromatic heterocycles. The van der Waals surface area contributed by atoms with Crippen molar-refractivity contribution in [3.63, 3.8) is 0 Å². The number of nitrogens with one attached hydrogen (secondary N) is 3. The molecule has 1 fully saturated rings. The Bertz CT molecular complexity index is 1980. The van der Waals surface area contributed by atoms with E-state index in [4.69, 9.17) is 39.1 Å². The molecule has 0 spiro atoms. The van der Waals surface area contributed by atoms with Crippen molar-refractivity contribution in [2.24, 2.45) is 5.73 Å². The number of hydrogen-bond acceptors (Lipinski definition) is 7. The lowest BCUT2D eigenvalue weighted by Crippen LogP contribution is -2.47. The van der Waals surface area contributed by atoms with Gasteiger partial charge in [-0.25, -0.2) is 13.4 Å². The minimum absolute atomic E-state index is 0. The van der Waals surface area contributed by atoms with Crippen LogP contribution in [-0.2, 0) is 21.4 Å². The van der Waals surface area contributed by atoms with Gasteiger partial charge in [-0.3, -0.25) is 15.0 Å². The summed E-state index contributed by atoms with van der Waals surface area (Å²) in [5.41, 5.74) is 9.17. The third kappa shape index (κ3) is 8.75. The van der Waals surface area contributed by atoms with E-state index in [1.165, 1.54) is 12.1 Å². The predicted octanol–water partition coefficient (Wildman–Crippen LogP) is 5.56. The Kier molecular flexibility index (Phi) is 13.7. The molecule has 1 saturated heterocycles. The fourth-order valence-corrected chi connectivity index (χ4v) is 8.05. The van der Waals surface area contributed by atoms with E-state index in [0.29, 0.717) is 40.8 Å². The second-order valence-electron chi connectivity index (χ2n) is 11.2. The molecule has 1 atom stereocenters. The zero-order chi connectivity index (χ0) is 33.9. The highest BCUT2D eigenvalue weighted by atomic mass is 35.5. The van der Waals surface area contributed by atoms with Crippen LogP contribution in [0.4, 0.5) is 0 Å². The van der Waals surface area contributed by atoms with Crippen LogP contribution < -0.4 is 21.1 Å². The van der Waals surface area contributed by atoms with Crippen LogP contribution in [0, 0.1) is 19.3 Å². The summed E-state index contributed by atoms with van der Waals surface area (Å²) in [5.74, 6) is -0.435. The van der Waals surface area contributed by atoms with E-state index in [-0.39, 0.29) is 77.7 Å². The molecule has 262 valence electrons. The minimum atomic E-state index is -4.20. The Balaban J connectivity index is 0.00000325. The van der Waals surface area contributed by atoms with Crippen LogP contribution >= 0.6 is 48.0 Å². The van der Waals surface area contributed by atoms with Gasteiger partial charge in [-0.05, 0) is 68.7 Å². The van der Waals surface area contributed by atoms with E-state index >= 15 is 0 Å². The lowest BCUT2D eigenvalue weighted by molar-refractivity contribution is -0.124. The molecule has 2 amide bonds. The van der Waals surface area contributed by atoms with Gasteiger partial charge in [0.15, 0.2) is 0 Å². The summed E-state index contributed by atoms with van der Waals surface area (Å²) in [6.45, 7) is 4.13. The number of nitrogens with two attached hydrogens (primary N) is 1. The Hall–Kier alpha value is -3.65. The number of nitrogen functional groups attached to an aromatic ring is 1. The monoisotopic (exact) mass is 768 g/mol. The van der Waals surface area contributed by atoms with Gasteiger partial charge in [-0.15, -0.1) is 24.8 Å². The number of amidine groups is 1. The molecule has 3 aromatic carbocycles. The van der Waals surface area contributed by atoms with Gasteiger partial charge in [0.1, 0.15) is 34.6 Å². The second kappa shape index (κ2) is 16.8. The third-order valence-corrected chi connectivity index (χ3v) is 10.8.